The number of benzene rings is 1. The van der Waals surface area contributed by atoms with Gasteiger partial charge in [-0.1, -0.05) is 31.5 Å². The molecule has 0 bridgehead atoms. The van der Waals surface area contributed by atoms with Gasteiger partial charge in [-0.05, 0) is 12.5 Å². The molecule has 3 rings (SSSR count). The smallest absolute Gasteiger partial charge is 0.241 e. The Labute approximate surface area is 125 Å². The fourth-order valence-corrected chi connectivity index (χ4v) is 2.89. The highest BCUT2D eigenvalue weighted by atomic mass is 16.5. The molecule has 0 saturated carbocycles. The third-order valence-electron chi connectivity index (χ3n) is 4.05. The number of unbranched alkanes of at least 4 members (excludes halogenated alkanes) is 1. The van der Waals surface area contributed by atoms with Gasteiger partial charge in [-0.15, -0.1) is 0 Å². The SMILES string of the molecule is CCCCOc1ccccc1[C@H]1NC(=O)[C@@H]2COCCN12. The average molecular weight is 290 g/mol. The first-order chi connectivity index (χ1) is 10.3. The summed E-state index contributed by atoms with van der Waals surface area (Å²) in [5, 5.41) is 3.07. The lowest BCUT2D eigenvalue weighted by Gasteiger charge is -2.32. The topological polar surface area (TPSA) is 50.8 Å². The third kappa shape index (κ3) is 2.89. The Morgan fingerprint density at radius 2 is 2.29 bits per heavy atom. The number of amides is 1. The van der Waals surface area contributed by atoms with E-state index in [9.17, 15) is 4.79 Å². The van der Waals surface area contributed by atoms with Crippen LogP contribution in [-0.2, 0) is 9.53 Å². The van der Waals surface area contributed by atoms with Crippen LogP contribution in [-0.4, -0.2) is 43.2 Å². The van der Waals surface area contributed by atoms with Crippen molar-refractivity contribution in [3.8, 4) is 5.75 Å². The van der Waals surface area contributed by atoms with Crippen molar-refractivity contribution in [1.82, 2.24) is 10.2 Å². The van der Waals surface area contributed by atoms with Crippen molar-refractivity contribution in [3.63, 3.8) is 0 Å². The van der Waals surface area contributed by atoms with Crippen LogP contribution >= 0.6 is 0 Å². The quantitative estimate of drug-likeness (QED) is 0.839. The van der Waals surface area contributed by atoms with Crippen LogP contribution in [0.1, 0.15) is 31.5 Å². The summed E-state index contributed by atoms with van der Waals surface area (Å²) < 4.78 is 11.3. The first-order valence-corrected chi connectivity index (χ1v) is 7.67. The Morgan fingerprint density at radius 3 is 3.14 bits per heavy atom. The highest BCUT2D eigenvalue weighted by Crippen LogP contribution is 2.33. The van der Waals surface area contributed by atoms with Gasteiger partial charge in [-0.25, -0.2) is 0 Å². The van der Waals surface area contributed by atoms with E-state index in [1.807, 2.05) is 24.3 Å². The van der Waals surface area contributed by atoms with E-state index < -0.39 is 0 Å². The molecular formula is C16H22N2O3. The fourth-order valence-electron chi connectivity index (χ4n) is 2.89. The van der Waals surface area contributed by atoms with E-state index in [0.29, 0.717) is 19.8 Å². The van der Waals surface area contributed by atoms with E-state index in [1.165, 1.54) is 0 Å². The van der Waals surface area contributed by atoms with E-state index in [-0.39, 0.29) is 18.1 Å². The van der Waals surface area contributed by atoms with Crippen LogP contribution < -0.4 is 10.1 Å². The highest BCUT2D eigenvalue weighted by Gasteiger charge is 2.43. The Bertz CT molecular complexity index is 506. The molecule has 5 nitrogen and oxygen atoms in total. The van der Waals surface area contributed by atoms with Crippen molar-refractivity contribution in [2.45, 2.75) is 32.0 Å². The van der Waals surface area contributed by atoms with Gasteiger partial charge in [0.2, 0.25) is 5.91 Å². The lowest BCUT2D eigenvalue weighted by Crippen LogP contribution is -2.44. The molecule has 1 aromatic carbocycles. The van der Waals surface area contributed by atoms with Gasteiger partial charge in [0, 0.05) is 12.1 Å². The maximum absolute atomic E-state index is 12.1. The molecule has 2 atom stereocenters. The van der Waals surface area contributed by atoms with Crippen LogP contribution in [0.25, 0.3) is 0 Å². The Hall–Kier alpha value is -1.59. The number of hydrogen-bond acceptors (Lipinski definition) is 4. The van der Waals surface area contributed by atoms with E-state index in [0.717, 1.165) is 30.7 Å². The van der Waals surface area contributed by atoms with Crippen molar-refractivity contribution >= 4 is 5.91 Å². The molecule has 1 N–H and O–H groups in total. The fraction of sp³-hybridized carbons (Fsp3) is 0.562. The molecule has 2 heterocycles. The lowest BCUT2D eigenvalue weighted by molar-refractivity contribution is -0.125. The molecule has 114 valence electrons. The largest absolute Gasteiger partial charge is 0.493 e. The molecule has 0 aliphatic carbocycles. The number of fused-ring (bicyclic) bond motifs is 1. The second-order valence-corrected chi connectivity index (χ2v) is 5.48. The maximum atomic E-state index is 12.1. The van der Waals surface area contributed by atoms with Gasteiger partial charge in [0.1, 0.15) is 18.0 Å². The molecule has 0 unspecified atom stereocenters. The van der Waals surface area contributed by atoms with Crippen molar-refractivity contribution in [3.05, 3.63) is 29.8 Å². The monoisotopic (exact) mass is 290 g/mol. The summed E-state index contributed by atoms with van der Waals surface area (Å²) in [7, 11) is 0. The van der Waals surface area contributed by atoms with Crippen molar-refractivity contribution in [1.29, 1.82) is 0 Å². The molecule has 2 saturated heterocycles. The zero-order valence-electron chi connectivity index (χ0n) is 12.4. The van der Waals surface area contributed by atoms with Crippen molar-refractivity contribution < 1.29 is 14.3 Å². The molecular weight excluding hydrogens is 268 g/mol. The predicted octanol–water partition coefficient (Wildman–Crippen LogP) is 1.69. The van der Waals surface area contributed by atoms with Crippen LogP contribution in [0.4, 0.5) is 0 Å². The number of nitrogens with zero attached hydrogens (tertiary/aromatic N) is 1. The van der Waals surface area contributed by atoms with Crippen LogP contribution in [0.15, 0.2) is 24.3 Å². The number of ether oxygens (including phenoxy) is 2. The van der Waals surface area contributed by atoms with Crippen molar-refractivity contribution in [2.75, 3.05) is 26.4 Å². The molecule has 1 aromatic rings. The molecule has 0 spiro atoms. The van der Waals surface area contributed by atoms with Gasteiger partial charge in [-0.3, -0.25) is 9.69 Å². The van der Waals surface area contributed by atoms with E-state index >= 15 is 0 Å². The normalized spacial score (nSPS) is 25.5. The maximum Gasteiger partial charge on any atom is 0.241 e. The van der Waals surface area contributed by atoms with Crippen LogP contribution in [0, 0.1) is 0 Å². The first kappa shape index (κ1) is 14.4. The molecule has 2 fully saturated rings. The van der Waals surface area contributed by atoms with Crippen LogP contribution in [0.5, 0.6) is 5.75 Å². The summed E-state index contributed by atoms with van der Waals surface area (Å²) in [5.41, 5.74) is 1.03. The summed E-state index contributed by atoms with van der Waals surface area (Å²) >= 11 is 0. The van der Waals surface area contributed by atoms with Gasteiger partial charge in [-0.2, -0.15) is 0 Å². The second kappa shape index (κ2) is 6.45. The van der Waals surface area contributed by atoms with Gasteiger partial charge in [0.15, 0.2) is 0 Å². The van der Waals surface area contributed by atoms with E-state index in [1.54, 1.807) is 0 Å². The molecule has 1 amide bonds. The van der Waals surface area contributed by atoms with Gasteiger partial charge >= 0.3 is 0 Å². The second-order valence-electron chi connectivity index (χ2n) is 5.48. The minimum Gasteiger partial charge on any atom is -0.493 e. The molecule has 2 aliphatic rings. The molecule has 2 aliphatic heterocycles. The third-order valence-corrected chi connectivity index (χ3v) is 4.05. The minimum absolute atomic E-state index is 0.0445. The Morgan fingerprint density at radius 1 is 1.43 bits per heavy atom. The summed E-state index contributed by atoms with van der Waals surface area (Å²) in [5.74, 6) is 0.909. The Balaban J connectivity index is 1.81. The predicted molar refractivity (Wildman–Crippen MR) is 79.0 cm³/mol. The number of rotatable bonds is 5. The molecule has 0 radical (unpaired) electrons. The number of morpholine rings is 1. The molecule has 0 aromatic heterocycles. The van der Waals surface area contributed by atoms with E-state index in [4.69, 9.17) is 9.47 Å². The van der Waals surface area contributed by atoms with E-state index in [2.05, 4.69) is 17.1 Å². The van der Waals surface area contributed by atoms with Crippen LogP contribution in [0.3, 0.4) is 0 Å². The number of carbonyl (C=O) groups is 1. The highest BCUT2D eigenvalue weighted by molar-refractivity contribution is 5.84. The summed E-state index contributed by atoms with van der Waals surface area (Å²) in [4.78, 5) is 14.3. The average Bonchev–Trinajstić information content (AvgIpc) is 2.86. The number of nitrogens with one attached hydrogen (secondary N) is 1. The summed E-state index contributed by atoms with van der Waals surface area (Å²) in [6.07, 6.45) is 2.03. The zero-order chi connectivity index (χ0) is 14.7. The number of para-hydroxylation sites is 1. The molecule has 21 heavy (non-hydrogen) atoms. The van der Waals surface area contributed by atoms with Gasteiger partial charge < -0.3 is 14.8 Å². The standard InChI is InChI=1S/C16H22N2O3/c1-2-3-9-21-14-7-5-4-6-12(14)15-17-16(19)13-11-20-10-8-18(13)15/h4-7,13,15H,2-3,8-11H2,1H3,(H,17,19)/t13-,15-/m0/s1. The lowest BCUT2D eigenvalue weighted by atomic mass is 10.1. The van der Waals surface area contributed by atoms with Crippen LogP contribution in [0.2, 0.25) is 0 Å². The summed E-state index contributed by atoms with van der Waals surface area (Å²) in [6, 6.07) is 7.79. The van der Waals surface area contributed by atoms with Gasteiger partial charge in [0.25, 0.3) is 0 Å². The van der Waals surface area contributed by atoms with Gasteiger partial charge in [0.05, 0.1) is 19.8 Å². The Kier molecular flexibility index (Phi) is 4.41. The first-order valence-electron chi connectivity index (χ1n) is 7.67. The molecule has 5 heteroatoms. The number of hydrogen-bond donors (Lipinski definition) is 1. The number of carbonyl (C=O) groups excluding carboxylic acids is 1. The van der Waals surface area contributed by atoms with Crippen molar-refractivity contribution in [2.24, 2.45) is 0 Å². The minimum atomic E-state index is -0.174. The summed E-state index contributed by atoms with van der Waals surface area (Å²) in [6.45, 7) is 4.75. The zero-order valence-corrected chi connectivity index (χ0v) is 12.4.